The van der Waals surface area contributed by atoms with E-state index in [0.717, 1.165) is 0 Å². The summed E-state index contributed by atoms with van der Waals surface area (Å²) in [6.45, 7) is 4.07. The van der Waals surface area contributed by atoms with Crippen LogP contribution >= 0.6 is 0 Å². The number of rotatable bonds is 7. The second-order valence-corrected chi connectivity index (χ2v) is 4.36. The van der Waals surface area contributed by atoms with Crippen LogP contribution in [0.4, 0.5) is 11.8 Å². The van der Waals surface area contributed by atoms with Crippen LogP contribution in [0.25, 0.3) is 0 Å². The molecular formula is C14H19N5O. The summed E-state index contributed by atoms with van der Waals surface area (Å²) in [4.78, 5) is 4.34. The Bertz CT molecular complexity index is 547. The maximum Gasteiger partial charge on any atom is 0.244 e. The Balaban J connectivity index is 1.93. The average molecular weight is 273 g/mol. The van der Waals surface area contributed by atoms with Crippen LogP contribution < -0.4 is 10.6 Å². The topological polar surface area (TPSA) is 72.0 Å². The van der Waals surface area contributed by atoms with Gasteiger partial charge in [0.15, 0.2) is 5.82 Å². The normalized spacial score (nSPS) is 10.3. The van der Waals surface area contributed by atoms with Crippen molar-refractivity contribution in [3.8, 4) is 0 Å². The number of nitrogens with zero attached hydrogens (tertiary/aromatic N) is 3. The number of hydrogen-bond acceptors (Lipinski definition) is 6. The fourth-order valence-electron chi connectivity index (χ4n) is 1.73. The summed E-state index contributed by atoms with van der Waals surface area (Å²) >= 11 is 0. The molecule has 0 saturated carbocycles. The zero-order chi connectivity index (χ0) is 14.2. The summed E-state index contributed by atoms with van der Waals surface area (Å²) in [5, 5.41) is 14.2. The van der Waals surface area contributed by atoms with Gasteiger partial charge in [-0.15, -0.1) is 5.10 Å². The van der Waals surface area contributed by atoms with Gasteiger partial charge in [0.2, 0.25) is 5.95 Å². The quantitative estimate of drug-likeness (QED) is 0.750. The van der Waals surface area contributed by atoms with Gasteiger partial charge in [-0.1, -0.05) is 24.3 Å². The summed E-state index contributed by atoms with van der Waals surface area (Å²) in [5.74, 6) is 1.19. The number of anilines is 2. The second-order valence-electron chi connectivity index (χ2n) is 4.36. The Hall–Kier alpha value is -2.21. The molecule has 1 aromatic carbocycles. The van der Waals surface area contributed by atoms with Crippen LogP contribution in [0, 0.1) is 6.92 Å². The zero-order valence-electron chi connectivity index (χ0n) is 11.8. The van der Waals surface area contributed by atoms with Crippen LogP contribution in [0.2, 0.25) is 0 Å². The largest absolute Gasteiger partial charge is 0.383 e. The van der Waals surface area contributed by atoms with E-state index >= 15 is 0 Å². The molecule has 1 aromatic heterocycles. The molecule has 0 aliphatic heterocycles. The maximum atomic E-state index is 4.97. The summed E-state index contributed by atoms with van der Waals surface area (Å²) < 4.78 is 4.97. The maximum absolute atomic E-state index is 4.97. The molecule has 0 amide bonds. The molecule has 2 aromatic rings. The number of hydrogen-bond donors (Lipinski definition) is 2. The minimum atomic E-state index is 0.510. The smallest absolute Gasteiger partial charge is 0.244 e. The number of aromatic nitrogens is 3. The predicted molar refractivity (Wildman–Crippen MR) is 78.7 cm³/mol. The van der Waals surface area contributed by atoms with Crippen LogP contribution in [0.1, 0.15) is 11.1 Å². The van der Waals surface area contributed by atoms with Crippen LogP contribution in [0.15, 0.2) is 30.5 Å². The van der Waals surface area contributed by atoms with Crippen molar-refractivity contribution in [2.24, 2.45) is 0 Å². The van der Waals surface area contributed by atoms with Gasteiger partial charge in [-0.05, 0) is 18.1 Å². The highest BCUT2D eigenvalue weighted by Gasteiger charge is 2.01. The molecule has 0 atom stereocenters. The first-order chi connectivity index (χ1) is 9.79. The first kappa shape index (κ1) is 14.2. The van der Waals surface area contributed by atoms with Crippen molar-refractivity contribution < 1.29 is 4.74 Å². The molecule has 2 N–H and O–H groups in total. The Morgan fingerprint density at radius 2 is 2.05 bits per heavy atom. The van der Waals surface area contributed by atoms with Gasteiger partial charge in [-0.2, -0.15) is 10.1 Å². The summed E-state index contributed by atoms with van der Waals surface area (Å²) in [6.07, 6.45) is 1.59. The molecule has 0 spiro atoms. The first-order valence-electron chi connectivity index (χ1n) is 6.50. The number of methoxy groups -OCH3 is 1. The van der Waals surface area contributed by atoms with Crippen molar-refractivity contribution >= 4 is 11.8 Å². The molecule has 6 nitrogen and oxygen atoms in total. The van der Waals surface area contributed by atoms with Crippen molar-refractivity contribution in [2.45, 2.75) is 13.5 Å². The highest BCUT2D eigenvalue weighted by Crippen LogP contribution is 2.09. The Morgan fingerprint density at radius 3 is 2.85 bits per heavy atom. The van der Waals surface area contributed by atoms with Crippen molar-refractivity contribution in [1.82, 2.24) is 15.2 Å². The van der Waals surface area contributed by atoms with Gasteiger partial charge in [0.05, 0.1) is 12.8 Å². The van der Waals surface area contributed by atoms with Crippen LogP contribution in [0.5, 0.6) is 0 Å². The highest BCUT2D eigenvalue weighted by molar-refractivity contribution is 5.38. The minimum Gasteiger partial charge on any atom is -0.383 e. The van der Waals surface area contributed by atoms with E-state index in [0.29, 0.717) is 31.5 Å². The zero-order valence-corrected chi connectivity index (χ0v) is 11.8. The van der Waals surface area contributed by atoms with Crippen LogP contribution in [0.3, 0.4) is 0 Å². The lowest BCUT2D eigenvalue weighted by Crippen LogP contribution is -2.11. The third-order valence-corrected chi connectivity index (χ3v) is 2.87. The molecule has 0 bridgehead atoms. The molecule has 0 aliphatic carbocycles. The summed E-state index contributed by atoms with van der Waals surface area (Å²) in [5.41, 5.74) is 2.45. The molecule has 20 heavy (non-hydrogen) atoms. The highest BCUT2D eigenvalue weighted by atomic mass is 16.5. The molecule has 1 heterocycles. The molecule has 6 heteroatoms. The average Bonchev–Trinajstić information content (AvgIpc) is 2.47. The van der Waals surface area contributed by atoms with Gasteiger partial charge in [0.25, 0.3) is 0 Å². The Kier molecular flexibility index (Phi) is 5.25. The molecule has 0 fully saturated rings. The number of ether oxygens (including phenoxy) is 1. The van der Waals surface area contributed by atoms with Crippen LogP contribution in [-0.4, -0.2) is 35.4 Å². The molecule has 0 unspecified atom stereocenters. The van der Waals surface area contributed by atoms with Gasteiger partial charge in [-0.3, -0.25) is 0 Å². The standard InChI is InChI=1S/C14H19N5O/c1-11-5-3-4-6-12(11)9-16-14-18-13(10-17-19-14)15-7-8-20-2/h3-6,10H,7-9H2,1-2H3,(H2,15,16,18,19). The fraction of sp³-hybridized carbons (Fsp3) is 0.357. The van der Waals surface area contributed by atoms with Gasteiger partial charge >= 0.3 is 0 Å². The van der Waals surface area contributed by atoms with Crippen molar-refractivity contribution in [1.29, 1.82) is 0 Å². The van der Waals surface area contributed by atoms with E-state index in [1.54, 1.807) is 13.3 Å². The van der Waals surface area contributed by atoms with E-state index < -0.39 is 0 Å². The monoisotopic (exact) mass is 273 g/mol. The van der Waals surface area contributed by atoms with E-state index in [1.807, 2.05) is 12.1 Å². The molecular weight excluding hydrogens is 254 g/mol. The second kappa shape index (κ2) is 7.40. The Morgan fingerprint density at radius 1 is 1.20 bits per heavy atom. The summed E-state index contributed by atoms with van der Waals surface area (Å²) in [7, 11) is 1.66. The lowest BCUT2D eigenvalue weighted by atomic mass is 10.1. The van der Waals surface area contributed by atoms with Gasteiger partial charge in [0.1, 0.15) is 0 Å². The molecule has 0 aliphatic rings. The van der Waals surface area contributed by atoms with Gasteiger partial charge < -0.3 is 15.4 Å². The summed E-state index contributed by atoms with van der Waals surface area (Å²) in [6, 6.07) is 8.21. The van der Waals surface area contributed by atoms with Gasteiger partial charge in [0, 0.05) is 20.2 Å². The molecule has 0 radical (unpaired) electrons. The molecule has 106 valence electrons. The van der Waals surface area contributed by atoms with E-state index in [2.05, 4.69) is 44.9 Å². The van der Waals surface area contributed by atoms with E-state index in [4.69, 9.17) is 4.74 Å². The van der Waals surface area contributed by atoms with E-state index in [9.17, 15) is 0 Å². The molecule has 0 saturated heterocycles. The lowest BCUT2D eigenvalue weighted by molar-refractivity contribution is 0.210. The number of benzene rings is 1. The molecule has 2 rings (SSSR count). The first-order valence-corrected chi connectivity index (χ1v) is 6.50. The van der Waals surface area contributed by atoms with Crippen molar-refractivity contribution in [3.63, 3.8) is 0 Å². The van der Waals surface area contributed by atoms with E-state index in [1.165, 1.54) is 11.1 Å². The third kappa shape index (κ3) is 4.17. The minimum absolute atomic E-state index is 0.510. The van der Waals surface area contributed by atoms with Crippen LogP contribution in [-0.2, 0) is 11.3 Å². The number of aryl methyl sites for hydroxylation is 1. The SMILES string of the molecule is COCCNc1cnnc(NCc2ccccc2C)n1. The number of nitrogens with one attached hydrogen (secondary N) is 2. The van der Waals surface area contributed by atoms with Crippen molar-refractivity contribution in [2.75, 3.05) is 30.9 Å². The fourth-order valence-corrected chi connectivity index (χ4v) is 1.73. The van der Waals surface area contributed by atoms with E-state index in [-0.39, 0.29) is 0 Å². The predicted octanol–water partition coefficient (Wildman–Crippen LogP) is 1.85. The van der Waals surface area contributed by atoms with Crippen molar-refractivity contribution in [3.05, 3.63) is 41.6 Å². The Labute approximate surface area is 118 Å². The lowest BCUT2D eigenvalue weighted by Gasteiger charge is -2.08. The third-order valence-electron chi connectivity index (χ3n) is 2.87. The van der Waals surface area contributed by atoms with Gasteiger partial charge in [-0.25, -0.2) is 0 Å².